The molecule has 0 radical (unpaired) electrons. The number of amides is 1. The van der Waals surface area contributed by atoms with Crippen LogP contribution in [-0.4, -0.2) is 20.4 Å². The van der Waals surface area contributed by atoms with E-state index in [1.54, 1.807) is 24.2 Å². The van der Waals surface area contributed by atoms with E-state index in [9.17, 15) is 4.79 Å². The molecule has 5 nitrogen and oxygen atoms in total. The minimum Gasteiger partial charge on any atom is -0.349 e. The van der Waals surface area contributed by atoms with Gasteiger partial charge in [0.25, 0.3) is 0 Å². The number of pyridine rings is 1. The average Bonchev–Trinajstić information content (AvgIpc) is 2.98. The van der Waals surface area contributed by atoms with E-state index in [4.69, 9.17) is 16.6 Å². The van der Waals surface area contributed by atoms with Gasteiger partial charge in [0.2, 0.25) is 5.91 Å². The molecule has 0 aliphatic heterocycles. The highest BCUT2D eigenvalue weighted by Gasteiger charge is 2.21. The molecule has 0 fully saturated rings. The van der Waals surface area contributed by atoms with Crippen molar-refractivity contribution in [3.8, 4) is 0 Å². The van der Waals surface area contributed by atoms with Crippen LogP contribution in [0.5, 0.6) is 0 Å². The van der Waals surface area contributed by atoms with Gasteiger partial charge in [0.1, 0.15) is 10.9 Å². The van der Waals surface area contributed by atoms with Crippen molar-refractivity contribution in [1.29, 1.82) is 0 Å². The van der Waals surface area contributed by atoms with E-state index in [0.29, 0.717) is 18.1 Å². The van der Waals surface area contributed by atoms with Gasteiger partial charge in [-0.2, -0.15) is 0 Å². The lowest BCUT2D eigenvalue weighted by atomic mass is 10.1. The van der Waals surface area contributed by atoms with Gasteiger partial charge in [-0.05, 0) is 41.8 Å². The molecule has 0 saturated heterocycles. The van der Waals surface area contributed by atoms with Crippen LogP contribution in [0.1, 0.15) is 43.8 Å². The topological polar surface area (TPSA) is 59.8 Å². The second-order valence-electron chi connectivity index (χ2n) is 6.78. The van der Waals surface area contributed by atoms with Crippen LogP contribution in [0.4, 0.5) is 0 Å². The molecular weight excluding hydrogens is 392 g/mol. The van der Waals surface area contributed by atoms with E-state index < -0.39 is 0 Å². The Balaban J connectivity index is 2.06. The second kappa shape index (κ2) is 9.26. The maximum absolute atomic E-state index is 11.5. The molecule has 7 heteroatoms. The number of hydrogen-bond donors (Lipinski definition) is 1. The fourth-order valence-electron chi connectivity index (χ4n) is 2.80. The van der Waals surface area contributed by atoms with E-state index in [0.717, 1.165) is 27.0 Å². The fourth-order valence-corrected chi connectivity index (χ4v) is 4.28. The minimum atomic E-state index is -0.0754. The Bertz CT molecular complexity index is 956. The number of aromatic nitrogens is 3. The molecule has 28 heavy (non-hydrogen) atoms. The van der Waals surface area contributed by atoms with Crippen molar-refractivity contribution >= 4 is 29.3 Å². The third kappa shape index (κ3) is 5.14. The van der Waals surface area contributed by atoms with Crippen LogP contribution < -0.4 is 5.32 Å². The fraction of sp³-hybridized carbons (Fsp3) is 0.286. The largest absolute Gasteiger partial charge is 0.349 e. The van der Waals surface area contributed by atoms with Gasteiger partial charge in [-0.25, -0.2) is 4.98 Å². The average molecular weight is 415 g/mol. The molecule has 2 heterocycles. The zero-order chi connectivity index (χ0) is 20.1. The highest BCUT2D eigenvalue weighted by atomic mass is 35.5. The second-order valence-corrected chi connectivity index (χ2v) is 8.28. The molecule has 3 rings (SSSR count). The van der Waals surface area contributed by atoms with Crippen LogP contribution in [0.25, 0.3) is 0 Å². The summed E-state index contributed by atoms with van der Waals surface area (Å²) in [5.41, 5.74) is 2.14. The highest BCUT2D eigenvalue weighted by Crippen LogP contribution is 2.36. The summed E-state index contributed by atoms with van der Waals surface area (Å²) in [5, 5.41) is 4.64. The minimum absolute atomic E-state index is 0.0754. The van der Waals surface area contributed by atoms with Gasteiger partial charge in [-0.3, -0.25) is 9.78 Å². The van der Waals surface area contributed by atoms with Crippen LogP contribution in [-0.2, 0) is 17.9 Å². The molecule has 1 N–H and O–H groups in total. The summed E-state index contributed by atoms with van der Waals surface area (Å²) in [6, 6.07) is 11.8. The molecule has 3 aromatic rings. The molecule has 0 aliphatic carbocycles. The number of nitrogens with zero attached hydrogens (tertiary/aromatic N) is 3. The molecule has 0 bridgehead atoms. The first-order valence-electron chi connectivity index (χ1n) is 9.10. The van der Waals surface area contributed by atoms with Crippen molar-refractivity contribution in [3.63, 3.8) is 0 Å². The lowest BCUT2D eigenvalue weighted by Crippen LogP contribution is -2.22. The van der Waals surface area contributed by atoms with Crippen molar-refractivity contribution in [3.05, 3.63) is 70.9 Å². The van der Waals surface area contributed by atoms with E-state index in [-0.39, 0.29) is 11.8 Å². The normalized spacial score (nSPS) is 11.0. The first-order chi connectivity index (χ1) is 13.4. The third-order valence-electron chi connectivity index (χ3n) is 4.17. The van der Waals surface area contributed by atoms with E-state index in [1.807, 2.05) is 36.4 Å². The summed E-state index contributed by atoms with van der Waals surface area (Å²) in [7, 11) is 0. The van der Waals surface area contributed by atoms with Crippen LogP contribution in [0, 0.1) is 0 Å². The zero-order valence-electron chi connectivity index (χ0n) is 16.1. The van der Waals surface area contributed by atoms with Crippen LogP contribution in [0.2, 0.25) is 5.02 Å². The summed E-state index contributed by atoms with van der Waals surface area (Å²) in [6.45, 7) is 6.81. The van der Waals surface area contributed by atoms with E-state index in [1.165, 1.54) is 6.92 Å². The predicted molar refractivity (Wildman–Crippen MR) is 113 cm³/mol. The van der Waals surface area contributed by atoms with Crippen molar-refractivity contribution in [2.24, 2.45) is 0 Å². The van der Waals surface area contributed by atoms with Crippen molar-refractivity contribution in [2.45, 2.75) is 49.7 Å². The lowest BCUT2D eigenvalue weighted by molar-refractivity contribution is -0.119. The Labute approximate surface area is 174 Å². The Kier molecular flexibility index (Phi) is 6.75. The number of halogens is 1. The number of carbonyl (C=O) groups is 1. The van der Waals surface area contributed by atoms with Gasteiger partial charge in [-0.15, -0.1) is 0 Å². The van der Waals surface area contributed by atoms with Crippen LogP contribution >= 0.6 is 23.4 Å². The summed E-state index contributed by atoms with van der Waals surface area (Å²) in [5.74, 6) is 1.00. The Morgan fingerprint density at radius 2 is 2.00 bits per heavy atom. The molecule has 0 atom stereocenters. The van der Waals surface area contributed by atoms with Gasteiger partial charge >= 0.3 is 0 Å². The summed E-state index contributed by atoms with van der Waals surface area (Å²) in [4.78, 5) is 21.5. The quantitative estimate of drug-likeness (QED) is 0.597. The smallest absolute Gasteiger partial charge is 0.217 e. The zero-order valence-corrected chi connectivity index (χ0v) is 17.7. The first kappa shape index (κ1) is 20.4. The lowest BCUT2D eigenvalue weighted by Gasteiger charge is -2.14. The predicted octanol–water partition coefficient (Wildman–Crippen LogP) is 4.89. The molecule has 0 unspecified atom stereocenters. The van der Waals surface area contributed by atoms with Gasteiger partial charge in [0.15, 0.2) is 0 Å². The standard InChI is InChI=1S/C21H23ClN4OS/c1-14(2)20-21(28-18-6-4-5-17(22)11-18)26(13-16-7-9-23-10-8-16)19(25-20)12-24-15(3)27/h4-11,14H,12-13H2,1-3H3,(H,24,27). The number of carbonyl (C=O) groups excluding carboxylic acids is 1. The molecule has 0 spiro atoms. The molecule has 146 valence electrons. The Hall–Kier alpha value is -2.31. The number of nitrogens with one attached hydrogen (secondary N) is 1. The van der Waals surface area contributed by atoms with Gasteiger partial charge < -0.3 is 9.88 Å². The number of rotatable bonds is 7. The number of imidazole rings is 1. The van der Waals surface area contributed by atoms with Crippen molar-refractivity contribution < 1.29 is 4.79 Å². The Morgan fingerprint density at radius 1 is 1.25 bits per heavy atom. The summed E-state index contributed by atoms with van der Waals surface area (Å²) < 4.78 is 2.17. The maximum atomic E-state index is 11.5. The number of benzene rings is 1. The van der Waals surface area contributed by atoms with Gasteiger partial charge in [-0.1, -0.05) is 43.3 Å². The monoisotopic (exact) mass is 414 g/mol. The molecular formula is C21H23ClN4OS. The van der Waals surface area contributed by atoms with E-state index in [2.05, 4.69) is 28.7 Å². The summed E-state index contributed by atoms with van der Waals surface area (Å²) in [6.07, 6.45) is 3.57. The van der Waals surface area contributed by atoms with Crippen molar-refractivity contribution in [2.75, 3.05) is 0 Å². The van der Waals surface area contributed by atoms with Gasteiger partial charge in [0.05, 0.1) is 12.2 Å². The molecule has 1 aromatic carbocycles. The molecule has 1 amide bonds. The number of hydrogen-bond acceptors (Lipinski definition) is 4. The van der Waals surface area contributed by atoms with Crippen molar-refractivity contribution in [1.82, 2.24) is 19.9 Å². The summed E-state index contributed by atoms with van der Waals surface area (Å²) >= 11 is 7.83. The van der Waals surface area contributed by atoms with E-state index >= 15 is 0 Å². The first-order valence-corrected chi connectivity index (χ1v) is 10.3. The third-order valence-corrected chi connectivity index (χ3v) is 5.52. The molecule has 2 aromatic heterocycles. The van der Waals surface area contributed by atoms with Crippen LogP contribution in [0.15, 0.2) is 58.7 Å². The highest BCUT2D eigenvalue weighted by molar-refractivity contribution is 7.99. The SMILES string of the molecule is CC(=O)NCc1nc(C(C)C)c(Sc2cccc(Cl)c2)n1Cc1ccncc1. The molecule has 0 aliphatic rings. The van der Waals surface area contributed by atoms with Crippen LogP contribution in [0.3, 0.4) is 0 Å². The maximum Gasteiger partial charge on any atom is 0.217 e. The van der Waals surface area contributed by atoms with Gasteiger partial charge in [0, 0.05) is 35.8 Å². The Morgan fingerprint density at radius 3 is 2.64 bits per heavy atom. The molecule has 0 saturated carbocycles.